The minimum absolute atomic E-state index is 0.146. The molecule has 2 rings (SSSR count). The first kappa shape index (κ1) is 12.7. The summed E-state index contributed by atoms with van der Waals surface area (Å²) in [6, 6.07) is 2.33. The number of imidazole rings is 1. The number of pyridine rings is 1. The lowest BCUT2D eigenvalue weighted by Crippen LogP contribution is -2.14. The van der Waals surface area contributed by atoms with E-state index in [4.69, 9.17) is 5.73 Å². The first-order valence-corrected chi connectivity index (χ1v) is 5.46. The zero-order valence-corrected chi connectivity index (χ0v) is 10.3. The predicted molar refractivity (Wildman–Crippen MR) is 63.3 cm³/mol. The third-order valence-corrected chi connectivity index (χ3v) is 2.70. The summed E-state index contributed by atoms with van der Waals surface area (Å²) in [6.45, 7) is 5.58. The maximum absolute atomic E-state index is 12.9. The molecule has 0 aliphatic rings. The van der Waals surface area contributed by atoms with Crippen molar-refractivity contribution in [3.63, 3.8) is 0 Å². The van der Waals surface area contributed by atoms with Gasteiger partial charge in [0.25, 0.3) is 0 Å². The lowest BCUT2D eigenvalue weighted by atomic mass is 9.92. The van der Waals surface area contributed by atoms with Crippen LogP contribution in [0, 0.1) is 0 Å². The molecule has 2 aromatic rings. The number of alkyl halides is 3. The van der Waals surface area contributed by atoms with Crippen LogP contribution in [-0.2, 0) is 11.6 Å². The van der Waals surface area contributed by atoms with E-state index in [-0.39, 0.29) is 11.5 Å². The number of nitrogen functional groups attached to an aromatic ring is 1. The number of nitrogens with two attached hydrogens (primary N) is 1. The number of rotatable bonds is 0. The zero-order valence-electron chi connectivity index (χ0n) is 10.3. The summed E-state index contributed by atoms with van der Waals surface area (Å²) in [5, 5.41) is 0. The summed E-state index contributed by atoms with van der Waals surface area (Å²) in [6.07, 6.45) is -2.95. The third-order valence-electron chi connectivity index (χ3n) is 2.70. The number of halogens is 3. The van der Waals surface area contributed by atoms with Gasteiger partial charge in [0.1, 0.15) is 5.82 Å². The summed E-state index contributed by atoms with van der Waals surface area (Å²) in [5.41, 5.74) is 5.02. The predicted octanol–water partition coefficient (Wildman–Crippen LogP) is 3.23. The van der Waals surface area contributed by atoms with Gasteiger partial charge in [-0.25, -0.2) is 4.98 Å². The number of fused-ring (bicyclic) bond motifs is 1. The highest BCUT2D eigenvalue weighted by Crippen LogP contribution is 2.35. The molecule has 2 N–H and O–H groups in total. The van der Waals surface area contributed by atoms with Crippen molar-refractivity contribution in [3.8, 4) is 0 Å². The third kappa shape index (κ3) is 1.91. The van der Waals surface area contributed by atoms with E-state index in [1.54, 1.807) is 0 Å². The molecule has 0 aliphatic carbocycles. The Balaban J connectivity index is 2.81. The fourth-order valence-electron chi connectivity index (χ4n) is 1.86. The van der Waals surface area contributed by atoms with Gasteiger partial charge in [-0.1, -0.05) is 20.8 Å². The summed E-state index contributed by atoms with van der Waals surface area (Å²) in [7, 11) is 0. The minimum atomic E-state index is -4.44. The van der Waals surface area contributed by atoms with Crippen molar-refractivity contribution in [1.82, 2.24) is 9.38 Å². The van der Waals surface area contributed by atoms with Crippen LogP contribution in [0.4, 0.5) is 19.0 Å². The van der Waals surface area contributed by atoms with Crippen molar-refractivity contribution in [1.29, 1.82) is 0 Å². The Labute approximate surface area is 102 Å². The average Bonchev–Trinajstić information content (AvgIpc) is 2.54. The fraction of sp³-hybridized carbons (Fsp3) is 0.417. The Morgan fingerprint density at radius 3 is 2.33 bits per heavy atom. The average molecular weight is 257 g/mol. The Kier molecular flexibility index (Phi) is 2.57. The van der Waals surface area contributed by atoms with Gasteiger partial charge in [0.2, 0.25) is 0 Å². The van der Waals surface area contributed by atoms with Crippen molar-refractivity contribution in [2.75, 3.05) is 5.73 Å². The number of nitrogens with zero attached hydrogens (tertiary/aromatic N) is 2. The summed E-state index contributed by atoms with van der Waals surface area (Å²) < 4.78 is 39.9. The van der Waals surface area contributed by atoms with Gasteiger partial charge in [-0.3, -0.25) is 4.40 Å². The molecule has 0 atom stereocenters. The Morgan fingerprint density at radius 2 is 1.83 bits per heavy atom. The quantitative estimate of drug-likeness (QED) is 0.787. The van der Waals surface area contributed by atoms with Gasteiger partial charge < -0.3 is 5.73 Å². The van der Waals surface area contributed by atoms with Crippen LogP contribution in [0.25, 0.3) is 5.65 Å². The van der Waals surface area contributed by atoms with Gasteiger partial charge in [-0.05, 0) is 12.1 Å². The second-order valence-corrected chi connectivity index (χ2v) is 5.21. The van der Waals surface area contributed by atoms with E-state index in [1.807, 2.05) is 20.8 Å². The smallest absolute Gasteiger partial charge is 0.383 e. The molecular formula is C12H14F3N3. The first-order valence-electron chi connectivity index (χ1n) is 5.46. The van der Waals surface area contributed by atoms with E-state index in [0.717, 1.165) is 6.07 Å². The highest BCUT2D eigenvalue weighted by Gasteiger charge is 2.35. The molecule has 0 spiro atoms. The van der Waals surface area contributed by atoms with E-state index in [0.29, 0.717) is 5.69 Å². The largest absolute Gasteiger partial charge is 0.419 e. The molecule has 0 bridgehead atoms. The lowest BCUT2D eigenvalue weighted by molar-refractivity contribution is -0.136. The molecule has 2 heterocycles. The first-order chi connectivity index (χ1) is 8.12. The molecule has 0 fully saturated rings. The van der Waals surface area contributed by atoms with Crippen molar-refractivity contribution in [3.05, 3.63) is 29.6 Å². The molecule has 0 radical (unpaired) electrons. The van der Waals surface area contributed by atoms with Crippen LogP contribution >= 0.6 is 0 Å². The normalized spacial score (nSPS) is 13.2. The fourth-order valence-corrected chi connectivity index (χ4v) is 1.86. The molecule has 0 aliphatic heterocycles. The zero-order chi connectivity index (χ0) is 13.7. The molecule has 6 heteroatoms. The second-order valence-electron chi connectivity index (χ2n) is 5.21. The molecule has 0 unspecified atom stereocenters. The second kappa shape index (κ2) is 3.63. The van der Waals surface area contributed by atoms with E-state index in [9.17, 15) is 13.2 Å². The van der Waals surface area contributed by atoms with Crippen LogP contribution in [0.5, 0.6) is 0 Å². The monoisotopic (exact) mass is 257 g/mol. The van der Waals surface area contributed by atoms with Crippen LogP contribution in [0.2, 0.25) is 0 Å². The standard InChI is InChI=1S/C12H14F3N3/c1-11(2,3)8-9(16)18-6-4-5-7(10(18)17-8)12(13,14)15/h4-6H,16H2,1-3H3. The van der Waals surface area contributed by atoms with Crippen LogP contribution in [0.15, 0.2) is 18.3 Å². The van der Waals surface area contributed by atoms with Crippen LogP contribution in [0.3, 0.4) is 0 Å². The van der Waals surface area contributed by atoms with Crippen LogP contribution in [0.1, 0.15) is 32.0 Å². The molecular weight excluding hydrogens is 243 g/mol. The molecule has 0 amide bonds. The molecule has 2 aromatic heterocycles. The Bertz CT molecular complexity index is 591. The van der Waals surface area contributed by atoms with Crippen molar-refractivity contribution in [2.45, 2.75) is 32.4 Å². The minimum Gasteiger partial charge on any atom is -0.383 e. The molecule has 0 saturated carbocycles. The maximum atomic E-state index is 12.9. The van der Waals surface area contributed by atoms with Crippen molar-refractivity contribution < 1.29 is 13.2 Å². The summed E-state index contributed by atoms with van der Waals surface area (Å²) >= 11 is 0. The van der Waals surface area contributed by atoms with Gasteiger partial charge in [-0.15, -0.1) is 0 Å². The topological polar surface area (TPSA) is 43.3 Å². The number of aromatic nitrogens is 2. The Hall–Kier alpha value is -1.72. The maximum Gasteiger partial charge on any atom is 0.419 e. The number of anilines is 1. The van der Waals surface area contributed by atoms with Gasteiger partial charge in [0.05, 0.1) is 11.3 Å². The lowest BCUT2D eigenvalue weighted by Gasteiger charge is -2.15. The highest BCUT2D eigenvalue weighted by atomic mass is 19.4. The van der Waals surface area contributed by atoms with Crippen molar-refractivity contribution in [2.24, 2.45) is 0 Å². The molecule has 0 aromatic carbocycles. The Morgan fingerprint density at radius 1 is 1.22 bits per heavy atom. The van der Waals surface area contributed by atoms with Gasteiger partial charge in [0.15, 0.2) is 5.65 Å². The molecule has 3 nitrogen and oxygen atoms in total. The highest BCUT2D eigenvalue weighted by molar-refractivity contribution is 5.59. The summed E-state index contributed by atoms with van der Waals surface area (Å²) in [5.74, 6) is 0.253. The van der Waals surface area contributed by atoms with E-state index >= 15 is 0 Å². The number of hydrogen-bond donors (Lipinski definition) is 1. The van der Waals surface area contributed by atoms with Crippen molar-refractivity contribution >= 4 is 11.5 Å². The molecule has 0 saturated heterocycles. The van der Waals surface area contributed by atoms with Gasteiger partial charge in [0, 0.05) is 11.6 Å². The SMILES string of the molecule is CC(C)(C)c1nc2c(C(F)(F)F)cccn2c1N. The van der Waals surface area contributed by atoms with Crippen LogP contribution < -0.4 is 5.73 Å². The van der Waals surface area contributed by atoms with Crippen LogP contribution in [-0.4, -0.2) is 9.38 Å². The summed E-state index contributed by atoms with van der Waals surface area (Å²) in [4.78, 5) is 4.07. The number of hydrogen-bond acceptors (Lipinski definition) is 2. The molecule has 18 heavy (non-hydrogen) atoms. The van der Waals surface area contributed by atoms with Gasteiger partial charge >= 0.3 is 6.18 Å². The van der Waals surface area contributed by atoms with E-state index < -0.39 is 17.2 Å². The van der Waals surface area contributed by atoms with Gasteiger partial charge in [-0.2, -0.15) is 13.2 Å². The van der Waals surface area contributed by atoms with E-state index in [1.165, 1.54) is 16.7 Å². The molecule has 98 valence electrons. The van der Waals surface area contributed by atoms with E-state index in [2.05, 4.69) is 4.98 Å².